The zero-order valence-electron chi connectivity index (χ0n) is 9.51. The molecule has 1 amide bonds. The first-order chi connectivity index (χ1) is 6.77. The number of nitrogens with one attached hydrogen (secondary N) is 1. The van der Waals surface area contributed by atoms with Crippen LogP contribution in [-0.4, -0.2) is 12.5 Å². The van der Waals surface area contributed by atoms with Crippen molar-refractivity contribution in [2.75, 3.05) is 6.54 Å². The molecular formula is C12H23NO. The van der Waals surface area contributed by atoms with Crippen molar-refractivity contribution in [3.8, 4) is 0 Å². The van der Waals surface area contributed by atoms with Crippen molar-refractivity contribution in [2.24, 2.45) is 11.8 Å². The van der Waals surface area contributed by atoms with Crippen molar-refractivity contribution in [1.82, 2.24) is 5.32 Å². The number of hydrogen-bond donors (Lipinski definition) is 1. The van der Waals surface area contributed by atoms with Crippen LogP contribution in [0.1, 0.15) is 52.4 Å². The second-order valence-corrected chi connectivity index (χ2v) is 4.44. The van der Waals surface area contributed by atoms with Crippen LogP contribution >= 0.6 is 0 Å². The summed E-state index contributed by atoms with van der Waals surface area (Å²) in [6, 6.07) is 0. The smallest absolute Gasteiger partial charge is 0.223 e. The van der Waals surface area contributed by atoms with Gasteiger partial charge in [-0.25, -0.2) is 0 Å². The van der Waals surface area contributed by atoms with Gasteiger partial charge >= 0.3 is 0 Å². The lowest BCUT2D eigenvalue weighted by Gasteiger charge is -2.14. The average molecular weight is 197 g/mol. The number of rotatable bonds is 7. The summed E-state index contributed by atoms with van der Waals surface area (Å²) in [5.74, 6) is 1.34. The first-order valence-electron chi connectivity index (χ1n) is 6.05. The van der Waals surface area contributed by atoms with E-state index < -0.39 is 0 Å². The van der Waals surface area contributed by atoms with Crippen LogP contribution in [0.25, 0.3) is 0 Å². The number of carbonyl (C=O) groups is 1. The van der Waals surface area contributed by atoms with Crippen LogP contribution in [0.2, 0.25) is 0 Å². The van der Waals surface area contributed by atoms with Gasteiger partial charge in [0.05, 0.1) is 0 Å². The zero-order valence-corrected chi connectivity index (χ0v) is 9.51. The van der Waals surface area contributed by atoms with Crippen molar-refractivity contribution in [3.05, 3.63) is 0 Å². The fourth-order valence-electron chi connectivity index (χ4n) is 1.68. The maximum absolute atomic E-state index is 11.4. The minimum atomic E-state index is 0.292. The van der Waals surface area contributed by atoms with Gasteiger partial charge in [0.15, 0.2) is 0 Å². The number of hydrogen-bond acceptors (Lipinski definition) is 1. The van der Waals surface area contributed by atoms with E-state index in [9.17, 15) is 4.79 Å². The van der Waals surface area contributed by atoms with E-state index in [-0.39, 0.29) is 0 Å². The fourth-order valence-corrected chi connectivity index (χ4v) is 1.68. The predicted octanol–water partition coefficient (Wildman–Crippen LogP) is 2.73. The van der Waals surface area contributed by atoms with Gasteiger partial charge in [-0.3, -0.25) is 4.79 Å². The molecule has 0 radical (unpaired) electrons. The summed E-state index contributed by atoms with van der Waals surface area (Å²) in [7, 11) is 0. The minimum Gasteiger partial charge on any atom is -0.356 e. The van der Waals surface area contributed by atoms with E-state index in [2.05, 4.69) is 19.2 Å². The molecule has 0 aromatic carbocycles. The number of unbranched alkanes of at least 4 members (excludes halogenated alkanes) is 1. The van der Waals surface area contributed by atoms with Crippen molar-refractivity contribution in [1.29, 1.82) is 0 Å². The van der Waals surface area contributed by atoms with E-state index in [1.165, 1.54) is 25.7 Å². The monoisotopic (exact) mass is 197 g/mol. The quantitative estimate of drug-likeness (QED) is 0.668. The van der Waals surface area contributed by atoms with Gasteiger partial charge in [0, 0.05) is 12.5 Å². The molecule has 0 spiro atoms. The molecule has 0 heterocycles. The van der Waals surface area contributed by atoms with Crippen LogP contribution in [0.15, 0.2) is 0 Å². The van der Waals surface area contributed by atoms with Gasteiger partial charge in [0.2, 0.25) is 5.91 Å². The van der Waals surface area contributed by atoms with Crippen LogP contribution in [0.3, 0.4) is 0 Å². The Labute approximate surface area is 87.5 Å². The Hall–Kier alpha value is -0.530. The SMILES string of the molecule is CCCCC(CC)CNC(=O)C1CC1. The Morgan fingerprint density at radius 3 is 2.64 bits per heavy atom. The molecule has 1 unspecified atom stereocenters. The zero-order chi connectivity index (χ0) is 10.4. The molecule has 0 aliphatic heterocycles. The molecule has 0 bridgehead atoms. The maximum Gasteiger partial charge on any atom is 0.223 e. The van der Waals surface area contributed by atoms with Gasteiger partial charge < -0.3 is 5.32 Å². The molecule has 1 atom stereocenters. The van der Waals surface area contributed by atoms with E-state index in [1.54, 1.807) is 0 Å². The molecule has 1 N–H and O–H groups in total. The van der Waals surface area contributed by atoms with Gasteiger partial charge in [0.1, 0.15) is 0 Å². The molecular weight excluding hydrogens is 174 g/mol. The highest BCUT2D eigenvalue weighted by molar-refractivity contribution is 5.80. The Morgan fingerprint density at radius 1 is 1.43 bits per heavy atom. The molecule has 1 rings (SSSR count). The molecule has 0 aromatic rings. The van der Waals surface area contributed by atoms with Crippen LogP contribution in [0.4, 0.5) is 0 Å². The van der Waals surface area contributed by atoms with Crippen LogP contribution in [0, 0.1) is 11.8 Å². The van der Waals surface area contributed by atoms with Gasteiger partial charge in [-0.15, -0.1) is 0 Å². The van der Waals surface area contributed by atoms with Gasteiger partial charge in [0.25, 0.3) is 0 Å². The van der Waals surface area contributed by atoms with Crippen molar-refractivity contribution < 1.29 is 4.79 Å². The van der Waals surface area contributed by atoms with Gasteiger partial charge in [-0.2, -0.15) is 0 Å². The molecule has 1 aliphatic rings. The second-order valence-electron chi connectivity index (χ2n) is 4.44. The summed E-state index contributed by atoms with van der Waals surface area (Å²) in [6.45, 7) is 5.32. The topological polar surface area (TPSA) is 29.1 Å². The minimum absolute atomic E-state index is 0.292. The first-order valence-corrected chi connectivity index (χ1v) is 6.05. The number of carbonyl (C=O) groups excluding carboxylic acids is 1. The summed E-state index contributed by atoms with van der Waals surface area (Å²) in [4.78, 5) is 11.4. The Bertz CT molecular complexity index is 175. The van der Waals surface area contributed by atoms with E-state index in [4.69, 9.17) is 0 Å². The Morgan fingerprint density at radius 2 is 2.14 bits per heavy atom. The summed E-state index contributed by atoms with van der Waals surface area (Å²) in [6.07, 6.45) is 7.21. The summed E-state index contributed by atoms with van der Waals surface area (Å²) in [5, 5.41) is 3.07. The molecule has 1 aliphatic carbocycles. The second kappa shape index (κ2) is 6.05. The molecule has 14 heavy (non-hydrogen) atoms. The molecule has 2 nitrogen and oxygen atoms in total. The van der Waals surface area contributed by atoms with Crippen molar-refractivity contribution in [2.45, 2.75) is 52.4 Å². The third-order valence-corrected chi connectivity index (χ3v) is 3.06. The van der Waals surface area contributed by atoms with Crippen molar-refractivity contribution in [3.63, 3.8) is 0 Å². The standard InChI is InChI=1S/C12H23NO/c1-3-5-6-10(4-2)9-13-12(14)11-7-8-11/h10-11H,3-9H2,1-2H3,(H,13,14). The third-order valence-electron chi connectivity index (χ3n) is 3.06. The molecule has 0 aromatic heterocycles. The Balaban J connectivity index is 2.09. The van der Waals surface area contributed by atoms with Crippen LogP contribution in [-0.2, 0) is 4.79 Å². The molecule has 2 heteroatoms. The normalized spacial score (nSPS) is 17.9. The Kier molecular flexibility index (Phi) is 4.99. The van der Waals surface area contributed by atoms with Crippen LogP contribution < -0.4 is 5.32 Å². The lowest BCUT2D eigenvalue weighted by molar-refractivity contribution is -0.122. The highest BCUT2D eigenvalue weighted by Gasteiger charge is 2.29. The predicted molar refractivity (Wildman–Crippen MR) is 59.0 cm³/mol. The summed E-state index contributed by atoms with van der Waals surface area (Å²) >= 11 is 0. The maximum atomic E-state index is 11.4. The molecule has 0 saturated heterocycles. The average Bonchev–Trinajstić information content (AvgIpc) is 3.01. The van der Waals surface area contributed by atoms with Crippen LogP contribution in [0.5, 0.6) is 0 Å². The summed E-state index contributed by atoms with van der Waals surface area (Å²) in [5.41, 5.74) is 0. The lowest BCUT2D eigenvalue weighted by atomic mass is 9.99. The first kappa shape index (κ1) is 11.5. The molecule has 82 valence electrons. The van der Waals surface area contributed by atoms with E-state index in [1.807, 2.05) is 0 Å². The third kappa shape index (κ3) is 4.12. The summed E-state index contributed by atoms with van der Waals surface area (Å²) < 4.78 is 0. The number of amides is 1. The van der Waals surface area contributed by atoms with E-state index >= 15 is 0 Å². The molecule has 1 fully saturated rings. The van der Waals surface area contributed by atoms with Crippen molar-refractivity contribution >= 4 is 5.91 Å². The van der Waals surface area contributed by atoms with Gasteiger partial charge in [-0.05, 0) is 25.2 Å². The van der Waals surface area contributed by atoms with E-state index in [0.29, 0.717) is 17.7 Å². The fraction of sp³-hybridized carbons (Fsp3) is 0.917. The molecule has 1 saturated carbocycles. The van der Waals surface area contributed by atoms with Gasteiger partial charge in [-0.1, -0.05) is 33.1 Å². The van der Waals surface area contributed by atoms with E-state index in [0.717, 1.165) is 19.4 Å². The largest absolute Gasteiger partial charge is 0.356 e. The lowest BCUT2D eigenvalue weighted by Crippen LogP contribution is -2.30. The highest BCUT2D eigenvalue weighted by atomic mass is 16.2. The highest BCUT2D eigenvalue weighted by Crippen LogP contribution is 2.28.